The third kappa shape index (κ3) is 2.25. The van der Waals surface area contributed by atoms with Gasteiger partial charge in [0.2, 0.25) is 5.52 Å². The number of rotatable bonds is 1. The van der Waals surface area contributed by atoms with Crippen molar-refractivity contribution in [2.75, 3.05) is 0 Å². The Morgan fingerprint density at radius 2 is 1.78 bits per heavy atom. The SMILES string of the molecule is OB(O)c1ccc2c[n+]3ccccc3cc2c1.[Br-]. The fraction of sp³-hybridized carbons (Fsp3) is 0. The Morgan fingerprint density at radius 3 is 2.56 bits per heavy atom. The fourth-order valence-corrected chi connectivity index (χ4v) is 2.01. The average molecular weight is 304 g/mol. The molecule has 0 radical (unpaired) electrons. The summed E-state index contributed by atoms with van der Waals surface area (Å²) in [6, 6.07) is 13.4. The van der Waals surface area contributed by atoms with Gasteiger partial charge in [0.25, 0.3) is 0 Å². The number of aromatic nitrogens is 1. The van der Waals surface area contributed by atoms with Crippen LogP contribution in [0.2, 0.25) is 0 Å². The molecule has 0 saturated heterocycles. The number of halogens is 1. The second-order valence-corrected chi connectivity index (χ2v) is 4.07. The lowest BCUT2D eigenvalue weighted by Gasteiger charge is -2.01. The van der Waals surface area contributed by atoms with Crippen molar-refractivity contribution >= 4 is 28.9 Å². The molecule has 2 aromatic heterocycles. The predicted molar refractivity (Wildman–Crippen MR) is 66.9 cm³/mol. The first-order chi connectivity index (χ1) is 8.24. The molecule has 3 rings (SSSR count). The van der Waals surface area contributed by atoms with Crippen LogP contribution < -0.4 is 26.8 Å². The Labute approximate surface area is 115 Å². The lowest BCUT2D eigenvalue weighted by Crippen LogP contribution is -3.00. The van der Waals surface area contributed by atoms with Crippen molar-refractivity contribution in [3.05, 3.63) is 54.9 Å². The fourth-order valence-electron chi connectivity index (χ4n) is 2.01. The zero-order valence-corrected chi connectivity index (χ0v) is 11.1. The number of hydrogen-bond acceptors (Lipinski definition) is 2. The Bertz CT molecular complexity index is 703. The molecule has 0 aliphatic heterocycles. The van der Waals surface area contributed by atoms with Gasteiger partial charge in [-0.25, -0.2) is 0 Å². The number of pyridine rings is 2. The first-order valence-electron chi connectivity index (χ1n) is 5.44. The van der Waals surface area contributed by atoms with E-state index in [0.717, 1.165) is 16.3 Å². The molecule has 0 unspecified atom stereocenters. The summed E-state index contributed by atoms with van der Waals surface area (Å²) in [5.41, 5.74) is 1.59. The summed E-state index contributed by atoms with van der Waals surface area (Å²) in [5, 5.41) is 20.4. The topological polar surface area (TPSA) is 44.6 Å². The van der Waals surface area contributed by atoms with Crippen molar-refractivity contribution in [3.8, 4) is 0 Å². The molecule has 3 aromatic rings. The van der Waals surface area contributed by atoms with Crippen LogP contribution in [-0.4, -0.2) is 17.2 Å². The van der Waals surface area contributed by atoms with Crippen molar-refractivity contribution in [2.45, 2.75) is 0 Å². The minimum atomic E-state index is -1.42. The highest BCUT2D eigenvalue weighted by atomic mass is 79.9. The summed E-state index contributed by atoms with van der Waals surface area (Å²) in [7, 11) is -1.42. The second-order valence-electron chi connectivity index (χ2n) is 4.07. The van der Waals surface area contributed by atoms with Gasteiger partial charge in [-0.2, -0.15) is 4.40 Å². The largest absolute Gasteiger partial charge is 1.00 e. The van der Waals surface area contributed by atoms with Crippen molar-refractivity contribution in [3.63, 3.8) is 0 Å². The maximum Gasteiger partial charge on any atom is 0.488 e. The van der Waals surface area contributed by atoms with Crippen LogP contribution in [0, 0.1) is 0 Å². The predicted octanol–water partition coefficient (Wildman–Crippen LogP) is -2.74. The van der Waals surface area contributed by atoms with E-state index in [1.807, 2.05) is 47.1 Å². The van der Waals surface area contributed by atoms with Crippen LogP contribution in [-0.2, 0) is 0 Å². The molecular weight excluding hydrogens is 293 g/mol. The number of fused-ring (bicyclic) bond motifs is 2. The minimum Gasteiger partial charge on any atom is -1.00 e. The van der Waals surface area contributed by atoms with E-state index in [4.69, 9.17) is 10.0 Å². The van der Waals surface area contributed by atoms with Gasteiger partial charge in [0, 0.05) is 23.6 Å². The quantitative estimate of drug-likeness (QED) is 0.291. The van der Waals surface area contributed by atoms with Gasteiger partial charge >= 0.3 is 7.12 Å². The molecule has 1 aromatic carbocycles. The third-order valence-electron chi connectivity index (χ3n) is 2.91. The van der Waals surface area contributed by atoms with E-state index in [9.17, 15) is 0 Å². The summed E-state index contributed by atoms with van der Waals surface area (Å²) in [4.78, 5) is 0. The first-order valence-corrected chi connectivity index (χ1v) is 5.44. The Kier molecular flexibility index (Phi) is 3.66. The molecule has 0 spiro atoms. The van der Waals surface area contributed by atoms with Crippen LogP contribution in [0.15, 0.2) is 54.9 Å². The molecule has 90 valence electrons. The van der Waals surface area contributed by atoms with Crippen LogP contribution >= 0.6 is 0 Å². The normalized spacial score (nSPS) is 10.3. The van der Waals surface area contributed by atoms with Crippen LogP contribution in [0.25, 0.3) is 16.3 Å². The third-order valence-corrected chi connectivity index (χ3v) is 2.91. The molecule has 0 aliphatic rings. The Morgan fingerprint density at radius 1 is 0.944 bits per heavy atom. The number of nitrogens with zero attached hydrogens (tertiary/aromatic N) is 1. The van der Waals surface area contributed by atoms with Crippen LogP contribution in [0.5, 0.6) is 0 Å². The highest BCUT2D eigenvalue weighted by molar-refractivity contribution is 6.58. The van der Waals surface area contributed by atoms with Gasteiger partial charge in [-0.1, -0.05) is 12.1 Å². The minimum absolute atomic E-state index is 0. The molecule has 18 heavy (non-hydrogen) atoms. The van der Waals surface area contributed by atoms with Gasteiger partial charge in [-0.05, 0) is 23.0 Å². The van der Waals surface area contributed by atoms with Crippen molar-refractivity contribution in [1.82, 2.24) is 0 Å². The number of hydrogen-bond donors (Lipinski definition) is 2. The summed E-state index contributed by atoms with van der Waals surface area (Å²) in [6.07, 6.45) is 4.02. The Balaban J connectivity index is 0.00000120. The van der Waals surface area contributed by atoms with E-state index in [2.05, 4.69) is 0 Å². The first kappa shape index (κ1) is 13.0. The van der Waals surface area contributed by atoms with Crippen LogP contribution in [0.3, 0.4) is 0 Å². The van der Waals surface area contributed by atoms with E-state index in [-0.39, 0.29) is 17.0 Å². The second kappa shape index (κ2) is 5.06. The smallest absolute Gasteiger partial charge is 0.488 e. The molecule has 0 atom stereocenters. The van der Waals surface area contributed by atoms with Gasteiger partial charge in [0.1, 0.15) is 0 Å². The molecule has 0 fully saturated rings. The van der Waals surface area contributed by atoms with Crippen molar-refractivity contribution < 1.29 is 31.4 Å². The Hall–Kier alpha value is -1.43. The zero-order chi connectivity index (χ0) is 11.8. The van der Waals surface area contributed by atoms with Gasteiger partial charge in [-0.3, -0.25) is 0 Å². The monoisotopic (exact) mass is 303 g/mol. The van der Waals surface area contributed by atoms with Gasteiger partial charge in [0.05, 0.1) is 0 Å². The van der Waals surface area contributed by atoms with Gasteiger partial charge in [0.15, 0.2) is 12.4 Å². The maximum atomic E-state index is 9.15. The van der Waals surface area contributed by atoms with E-state index in [1.165, 1.54) is 0 Å². The molecule has 2 N–H and O–H groups in total. The van der Waals surface area contributed by atoms with E-state index >= 15 is 0 Å². The van der Waals surface area contributed by atoms with E-state index < -0.39 is 7.12 Å². The molecule has 0 amide bonds. The summed E-state index contributed by atoms with van der Waals surface area (Å²) >= 11 is 0. The van der Waals surface area contributed by atoms with E-state index in [0.29, 0.717) is 5.46 Å². The molecule has 5 heteroatoms. The maximum absolute atomic E-state index is 9.15. The lowest BCUT2D eigenvalue weighted by molar-refractivity contribution is -0.510. The van der Waals surface area contributed by atoms with Crippen molar-refractivity contribution in [2.24, 2.45) is 0 Å². The average Bonchev–Trinajstić information content (AvgIpc) is 2.35. The van der Waals surface area contributed by atoms with Crippen LogP contribution in [0.4, 0.5) is 0 Å². The van der Waals surface area contributed by atoms with Gasteiger partial charge in [-0.15, -0.1) is 0 Å². The lowest BCUT2D eigenvalue weighted by atomic mass is 9.79. The molecule has 0 saturated carbocycles. The summed E-state index contributed by atoms with van der Waals surface area (Å²) < 4.78 is 2.04. The molecule has 3 nitrogen and oxygen atoms in total. The highest BCUT2D eigenvalue weighted by Crippen LogP contribution is 2.12. The molecule has 0 bridgehead atoms. The molecule has 0 aliphatic carbocycles. The highest BCUT2D eigenvalue weighted by Gasteiger charge is 2.12. The molecule has 2 heterocycles. The summed E-state index contributed by atoms with van der Waals surface area (Å²) in [6.45, 7) is 0. The molecular formula is C13H11BBrNO2. The van der Waals surface area contributed by atoms with Crippen LogP contribution in [0.1, 0.15) is 0 Å². The van der Waals surface area contributed by atoms with E-state index in [1.54, 1.807) is 12.1 Å². The van der Waals surface area contributed by atoms with Gasteiger partial charge < -0.3 is 27.0 Å². The van der Waals surface area contributed by atoms with Crippen molar-refractivity contribution in [1.29, 1.82) is 0 Å². The number of benzene rings is 1. The summed E-state index contributed by atoms with van der Waals surface area (Å²) in [5.74, 6) is 0. The zero-order valence-electron chi connectivity index (χ0n) is 9.49. The standard InChI is InChI=1S/C13H11BNO2.BrH/c16-14(17)12-5-4-10-9-15-6-2-1-3-13(15)8-11(10)7-12;/h1-9,16-17H;1H/q+1;/p-1.